The zero-order valence-corrected chi connectivity index (χ0v) is 13.2. The Morgan fingerprint density at radius 3 is 2.43 bits per heavy atom. The van der Waals surface area contributed by atoms with E-state index in [9.17, 15) is 17.6 Å². The molecular weight excluding hydrogens is 299 g/mol. The molecule has 0 radical (unpaired) electrons. The van der Waals surface area contributed by atoms with Crippen molar-refractivity contribution < 1.29 is 22.3 Å². The Labute approximate surface area is 123 Å². The molecule has 0 aliphatic rings. The van der Waals surface area contributed by atoms with Gasteiger partial charge in [0.25, 0.3) is 0 Å². The van der Waals surface area contributed by atoms with Gasteiger partial charge in [-0.05, 0) is 32.9 Å². The molecule has 0 unspecified atom stereocenters. The van der Waals surface area contributed by atoms with Gasteiger partial charge >= 0.3 is 5.97 Å². The first kappa shape index (κ1) is 17.4. The maximum atomic E-state index is 13.7. The summed E-state index contributed by atoms with van der Waals surface area (Å²) in [5.74, 6) is -1.41. The molecule has 0 spiro atoms. The number of hydrogen-bond acceptors (Lipinski definition) is 5. The van der Waals surface area contributed by atoms with Gasteiger partial charge in [0, 0.05) is 17.3 Å². The summed E-state index contributed by atoms with van der Waals surface area (Å²) in [6, 6.07) is 1.58. The standard InChI is InChI=1S/C13H19FN2O4S/c1-8(2)16(7-13(17)20-4)21(18,19)10-5-11(14)9(3)12(15)6-10/h5-6,8H,7,15H2,1-4H3. The molecule has 21 heavy (non-hydrogen) atoms. The fraction of sp³-hybridized carbons (Fsp3) is 0.462. The molecule has 118 valence electrons. The Kier molecular flexibility index (Phi) is 5.30. The minimum Gasteiger partial charge on any atom is -0.468 e. The quantitative estimate of drug-likeness (QED) is 0.652. The van der Waals surface area contributed by atoms with E-state index in [1.807, 2.05) is 0 Å². The van der Waals surface area contributed by atoms with Gasteiger partial charge in [0.2, 0.25) is 10.0 Å². The van der Waals surface area contributed by atoms with Crippen LogP contribution in [0.1, 0.15) is 19.4 Å². The average Bonchev–Trinajstić information content (AvgIpc) is 2.40. The van der Waals surface area contributed by atoms with Gasteiger partial charge in [-0.2, -0.15) is 4.31 Å². The molecule has 1 aromatic rings. The van der Waals surface area contributed by atoms with Crippen molar-refractivity contribution in [3.05, 3.63) is 23.5 Å². The monoisotopic (exact) mass is 318 g/mol. The predicted molar refractivity (Wildman–Crippen MR) is 76.6 cm³/mol. The Morgan fingerprint density at radius 2 is 2.00 bits per heavy atom. The van der Waals surface area contributed by atoms with Crippen LogP contribution in [0.2, 0.25) is 0 Å². The maximum Gasteiger partial charge on any atom is 0.321 e. The van der Waals surface area contributed by atoms with Crippen molar-refractivity contribution in [3.63, 3.8) is 0 Å². The van der Waals surface area contributed by atoms with Crippen LogP contribution in [0, 0.1) is 12.7 Å². The number of halogens is 1. The molecule has 1 rings (SSSR count). The predicted octanol–water partition coefficient (Wildman–Crippen LogP) is 1.29. The normalized spacial score (nSPS) is 12.0. The number of ether oxygens (including phenoxy) is 1. The van der Waals surface area contributed by atoms with E-state index in [-0.39, 0.29) is 16.1 Å². The molecule has 2 N–H and O–H groups in total. The number of anilines is 1. The van der Waals surface area contributed by atoms with Gasteiger partial charge in [0.05, 0.1) is 12.0 Å². The van der Waals surface area contributed by atoms with Crippen LogP contribution in [0.25, 0.3) is 0 Å². The third kappa shape index (κ3) is 3.70. The van der Waals surface area contributed by atoms with Gasteiger partial charge in [-0.25, -0.2) is 12.8 Å². The zero-order chi connectivity index (χ0) is 16.4. The number of sulfonamides is 1. The van der Waals surface area contributed by atoms with E-state index in [0.717, 1.165) is 17.5 Å². The second kappa shape index (κ2) is 6.40. The molecule has 0 saturated heterocycles. The summed E-state index contributed by atoms with van der Waals surface area (Å²) >= 11 is 0. The third-order valence-corrected chi connectivity index (χ3v) is 5.05. The minimum atomic E-state index is -4.05. The Balaban J connectivity index is 3.33. The van der Waals surface area contributed by atoms with E-state index in [0.29, 0.717) is 0 Å². The van der Waals surface area contributed by atoms with Gasteiger partial charge in [0.1, 0.15) is 12.4 Å². The summed E-state index contributed by atoms with van der Waals surface area (Å²) in [6.45, 7) is 4.21. The molecule has 0 aliphatic heterocycles. The number of esters is 1. The number of carbonyl (C=O) groups excluding carboxylic acids is 1. The summed E-state index contributed by atoms with van der Waals surface area (Å²) in [6.07, 6.45) is 0. The number of carbonyl (C=O) groups is 1. The lowest BCUT2D eigenvalue weighted by Gasteiger charge is -2.25. The van der Waals surface area contributed by atoms with Crippen LogP contribution in [0.15, 0.2) is 17.0 Å². The van der Waals surface area contributed by atoms with Crippen LogP contribution in [-0.4, -0.2) is 38.4 Å². The summed E-state index contributed by atoms with van der Waals surface area (Å²) in [7, 11) is -2.89. The van der Waals surface area contributed by atoms with E-state index in [1.165, 1.54) is 13.0 Å². The molecule has 0 saturated carbocycles. The zero-order valence-electron chi connectivity index (χ0n) is 12.4. The Bertz CT molecular complexity index is 621. The number of methoxy groups -OCH3 is 1. The molecular formula is C13H19FN2O4S. The fourth-order valence-corrected chi connectivity index (χ4v) is 3.32. The van der Waals surface area contributed by atoms with Crippen LogP contribution in [0.3, 0.4) is 0 Å². The average molecular weight is 318 g/mol. The van der Waals surface area contributed by atoms with Crippen molar-refractivity contribution in [1.29, 1.82) is 0 Å². The van der Waals surface area contributed by atoms with Gasteiger partial charge in [0.15, 0.2) is 0 Å². The highest BCUT2D eigenvalue weighted by atomic mass is 32.2. The van der Waals surface area contributed by atoms with Crippen LogP contribution < -0.4 is 5.73 Å². The minimum absolute atomic E-state index is 0.0374. The van der Waals surface area contributed by atoms with Gasteiger partial charge < -0.3 is 10.5 Å². The molecule has 0 aromatic heterocycles. The number of rotatable bonds is 5. The highest BCUT2D eigenvalue weighted by molar-refractivity contribution is 7.89. The van der Waals surface area contributed by atoms with Gasteiger partial charge in [-0.3, -0.25) is 4.79 Å². The van der Waals surface area contributed by atoms with Crippen LogP contribution >= 0.6 is 0 Å². The smallest absolute Gasteiger partial charge is 0.321 e. The molecule has 0 aliphatic carbocycles. The topological polar surface area (TPSA) is 89.7 Å². The largest absolute Gasteiger partial charge is 0.468 e. The first-order valence-corrected chi connectivity index (χ1v) is 7.69. The van der Waals surface area contributed by atoms with Crippen LogP contribution in [0.4, 0.5) is 10.1 Å². The van der Waals surface area contributed by atoms with Crippen molar-refractivity contribution in [3.8, 4) is 0 Å². The van der Waals surface area contributed by atoms with Crippen molar-refractivity contribution in [1.82, 2.24) is 4.31 Å². The Hall–Kier alpha value is -1.67. The number of nitrogen functional groups attached to an aromatic ring is 1. The number of nitrogens with zero attached hydrogens (tertiary/aromatic N) is 1. The molecule has 0 amide bonds. The molecule has 1 aromatic carbocycles. The molecule has 0 bridgehead atoms. The van der Waals surface area contributed by atoms with E-state index in [2.05, 4.69) is 4.74 Å². The molecule has 8 heteroatoms. The molecule has 0 atom stereocenters. The maximum absolute atomic E-state index is 13.7. The van der Waals surface area contributed by atoms with E-state index in [1.54, 1.807) is 13.8 Å². The molecule has 0 fully saturated rings. The van der Waals surface area contributed by atoms with Gasteiger partial charge in [-0.1, -0.05) is 0 Å². The van der Waals surface area contributed by atoms with Crippen molar-refractivity contribution in [2.45, 2.75) is 31.7 Å². The first-order valence-electron chi connectivity index (χ1n) is 6.25. The number of benzene rings is 1. The lowest BCUT2D eigenvalue weighted by atomic mass is 10.2. The van der Waals surface area contributed by atoms with Crippen molar-refractivity contribution in [2.75, 3.05) is 19.4 Å². The molecule has 6 nitrogen and oxygen atoms in total. The van der Waals surface area contributed by atoms with Gasteiger partial charge in [-0.15, -0.1) is 0 Å². The summed E-state index contributed by atoms with van der Waals surface area (Å²) in [4.78, 5) is 11.1. The van der Waals surface area contributed by atoms with Crippen LogP contribution in [0.5, 0.6) is 0 Å². The second-order valence-electron chi connectivity index (χ2n) is 4.84. The second-order valence-corrected chi connectivity index (χ2v) is 6.73. The lowest BCUT2D eigenvalue weighted by Crippen LogP contribution is -2.41. The van der Waals surface area contributed by atoms with Crippen molar-refractivity contribution >= 4 is 21.7 Å². The van der Waals surface area contributed by atoms with Crippen LogP contribution in [-0.2, 0) is 19.6 Å². The SMILES string of the molecule is COC(=O)CN(C(C)C)S(=O)(=O)c1cc(N)c(C)c(F)c1. The van der Waals surface area contributed by atoms with E-state index < -0.39 is 34.4 Å². The Morgan fingerprint density at radius 1 is 1.43 bits per heavy atom. The lowest BCUT2D eigenvalue weighted by molar-refractivity contribution is -0.141. The highest BCUT2D eigenvalue weighted by Crippen LogP contribution is 2.24. The summed E-state index contributed by atoms with van der Waals surface area (Å²) in [5, 5.41) is 0. The first-order chi connectivity index (χ1) is 9.61. The number of hydrogen-bond donors (Lipinski definition) is 1. The molecule has 0 heterocycles. The highest BCUT2D eigenvalue weighted by Gasteiger charge is 2.30. The van der Waals surface area contributed by atoms with E-state index in [4.69, 9.17) is 5.73 Å². The summed E-state index contributed by atoms with van der Waals surface area (Å²) < 4.78 is 44.2. The number of nitrogens with two attached hydrogens (primary N) is 1. The van der Waals surface area contributed by atoms with E-state index >= 15 is 0 Å². The fourth-order valence-electron chi connectivity index (χ4n) is 1.70. The van der Waals surface area contributed by atoms with Crippen molar-refractivity contribution in [2.24, 2.45) is 0 Å². The summed E-state index contributed by atoms with van der Waals surface area (Å²) in [5.41, 5.74) is 5.82. The third-order valence-electron chi connectivity index (χ3n) is 3.05.